The van der Waals surface area contributed by atoms with Crippen molar-refractivity contribution in [2.24, 2.45) is 7.05 Å². The Morgan fingerprint density at radius 2 is 1.97 bits per heavy atom. The Morgan fingerprint density at radius 3 is 2.72 bits per heavy atom. The molecule has 4 heterocycles. The molecule has 11 heteroatoms. The second-order valence-corrected chi connectivity index (χ2v) is 6.37. The first kappa shape index (κ1) is 17.3. The van der Waals surface area contributed by atoms with Crippen molar-refractivity contribution in [3.63, 3.8) is 0 Å². The summed E-state index contributed by atoms with van der Waals surface area (Å²) in [5, 5.41) is 4.28. The van der Waals surface area contributed by atoms with Crippen LogP contribution in [-0.4, -0.2) is 24.3 Å². The SMILES string of the molecule is Cn1cc2c(n1)c(=O)n(-c1cccc3ncoc13)c1nc(C(F)(F)F)c(F)cc21. The smallest absolute Gasteiger partial charge is 0.436 e. The van der Waals surface area contributed by atoms with Crippen LogP contribution < -0.4 is 5.56 Å². The van der Waals surface area contributed by atoms with Gasteiger partial charge in [-0.05, 0) is 18.2 Å². The number of para-hydroxylation sites is 1. The zero-order valence-corrected chi connectivity index (χ0v) is 14.5. The molecule has 0 N–H and O–H groups in total. The summed E-state index contributed by atoms with van der Waals surface area (Å²) in [6, 6.07) is 5.37. The first-order valence-corrected chi connectivity index (χ1v) is 8.24. The number of nitrogens with zero attached hydrogens (tertiary/aromatic N) is 5. The fraction of sp³-hybridized carbons (Fsp3) is 0.111. The molecular formula is C18H9F4N5O2. The van der Waals surface area contributed by atoms with Crippen LogP contribution in [0.25, 0.3) is 38.7 Å². The van der Waals surface area contributed by atoms with Crippen molar-refractivity contribution in [1.82, 2.24) is 24.3 Å². The summed E-state index contributed by atoms with van der Waals surface area (Å²) in [7, 11) is 1.54. The maximum absolute atomic E-state index is 14.3. The average molecular weight is 403 g/mol. The molecule has 0 aliphatic heterocycles. The number of rotatable bonds is 1. The zero-order chi connectivity index (χ0) is 20.5. The van der Waals surface area contributed by atoms with Crippen LogP contribution >= 0.6 is 0 Å². The van der Waals surface area contributed by atoms with Crippen LogP contribution in [-0.2, 0) is 13.2 Å². The van der Waals surface area contributed by atoms with E-state index in [1.165, 1.54) is 16.9 Å². The van der Waals surface area contributed by atoms with Gasteiger partial charge in [0.05, 0.1) is 5.69 Å². The molecular weight excluding hydrogens is 394 g/mol. The molecule has 29 heavy (non-hydrogen) atoms. The summed E-state index contributed by atoms with van der Waals surface area (Å²) in [5.41, 5.74) is -2.16. The molecule has 4 aromatic heterocycles. The van der Waals surface area contributed by atoms with E-state index >= 15 is 0 Å². The molecule has 0 saturated carbocycles. The molecule has 5 rings (SSSR count). The van der Waals surface area contributed by atoms with Crippen molar-refractivity contribution in [2.75, 3.05) is 0 Å². The van der Waals surface area contributed by atoms with E-state index in [4.69, 9.17) is 4.42 Å². The van der Waals surface area contributed by atoms with Crippen molar-refractivity contribution < 1.29 is 22.0 Å². The topological polar surface area (TPSA) is 78.7 Å². The Balaban J connectivity index is 2.05. The second-order valence-electron chi connectivity index (χ2n) is 6.37. The van der Waals surface area contributed by atoms with Crippen molar-refractivity contribution in [3.05, 3.63) is 58.7 Å². The summed E-state index contributed by atoms with van der Waals surface area (Å²) in [5.74, 6) is -1.54. The number of fused-ring (bicyclic) bond motifs is 4. The molecule has 0 amide bonds. The van der Waals surface area contributed by atoms with E-state index in [0.29, 0.717) is 11.6 Å². The fourth-order valence-electron chi connectivity index (χ4n) is 3.36. The second kappa shape index (κ2) is 5.63. The molecule has 5 aromatic rings. The minimum absolute atomic E-state index is 0.00900. The van der Waals surface area contributed by atoms with Gasteiger partial charge < -0.3 is 4.42 Å². The number of aromatic nitrogens is 5. The summed E-state index contributed by atoms with van der Waals surface area (Å²) in [6.45, 7) is 0. The van der Waals surface area contributed by atoms with E-state index in [1.807, 2.05) is 0 Å². The Morgan fingerprint density at radius 1 is 1.17 bits per heavy atom. The van der Waals surface area contributed by atoms with Crippen molar-refractivity contribution in [1.29, 1.82) is 0 Å². The molecule has 0 saturated heterocycles. The van der Waals surface area contributed by atoms with E-state index < -0.39 is 23.2 Å². The average Bonchev–Trinajstić information content (AvgIpc) is 3.28. The molecule has 0 spiro atoms. The molecule has 7 nitrogen and oxygen atoms in total. The molecule has 1 aromatic carbocycles. The predicted octanol–water partition coefficient (Wildman–Crippen LogP) is 3.57. The first-order chi connectivity index (χ1) is 13.8. The lowest BCUT2D eigenvalue weighted by atomic mass is 10.1. The molecule has 0 radical (unpaired) electrons. The summed E-state index contributed by atoms with van der Waals surface area (Å²) >= 11 is 0. The van der Waals surface area contributed by atoms with Gasteiger partial charge in [-0.1, -0.05) is 6.07 Å². The molecule has 0 unspecified atom stereocenters. The van der Waals surface area contributed by atoms with Crippen LogP contribution in [0.2, 0.25) is 0 Å². The number of hydrogen-bond donors (Lipinski definition) is 0. The van der Waals surface area contributed by atoms with Gasteiger partial charge in [0, 0.05) is 24.0 Å². The lowest BCUT2D eigenvalue weighted by Crippen LogP contribution is -2.22. The van der Waals surface area contributed by atoms with Crippen molar-refractivity contribution in [3.8, 4) is 5.69 Å². The van der Waals surface area contributed by atoms with Gasteiger partial charge in [-0.25, -0.2) is 14.4 Å². The third kappa shape index (κ3) is 2.43. The maximum Gasteiger partial charge on any atom is 0.436 e. The van der Waals surface area contributed by atoms with Gasteiger partial charge in [0.2, 0.25) is 0 Å². The number of hydrogen-bond acceptors (Lipinski definition) is 5. The highest BCUT2D eigenvalue weighted by atomic mass is 19.4. The number of pyridine rings is 2. The lowest BCUT2D eigenvalue weighted by Gasteiger charge is -2.13. The third-order valence-corrected chi connectivity index (χ3v) is 4.54. The first-order valence-electron chi connectivity index (χ1n) is 8.24. The van der Waals surface area contributed by atoms with Gasteiger partial charge in [0.1, 0.15) is 11.2 Å². The Kier molecular flexibility index (Phi) is 3.37. The van der Waals surface area contributed by atoms with Crippen LogP contribution in [0.3, 0.4) is 0 Å². The van der Waals surface area contributed by atoms with Crippen LogP contribution in [0.15, 0.2) is 46.1 Å². The Hall–Kier alpha value is -3.76. The molecule has 0 atom stereocenters. The van der Waals surface area contributed by atoms with E-state index in [9.17, 15) is 22.4 Å². The highest BCUT2D eigenvalue weighted by Gasteiger charge is 2.37. The van der Waals surface area contributed by atoms with Crippen LogP contribution in [0.5, 0.6) is 0 Å². The van der Waals surface area contributed by atoms with Crippen molar-refractivity contribution in [2.45, 2.75) is 6.18 Å². The molecule has 0 aliphatic carbocycles. The molecule has 0 bridgehead atoms. The normalized spacial score (nSPS) is 12.4. The predicted molar refractivity (Wildman–Crippen MR) is 94.1 cm³/mol. The number of aryl methyl sites for hydroxylation is 1. The lowest BCUT2D eigenvalue weighted by molar-refractivity contribution is -0.143. The Labute approximate surface area is 157 Å². The van der Waals surface area contributed by atoms with Gasteiger partial charge in [-0.2, -0.15) is 18.3 Å². The largest absolute Gasteiger partial charge is 0.441 e. The highest BCUT2D eigenvalue weighted by molar-refractivity contribution is 6.04. The van der Waals surface area contributed by atoms with Crippen LogP contribution in [0.4, 0.5) is 17.6 Å². The number of halogens is 4. The molecule has 0 aliphatic rings. The summed E-state index contributed by atoms with van der Waals surface area (Å²) < 4.78 is 61.7. The number of oxazole rings is 1. The van der Waals surface area contributed by atoms with E-state index in [0.717, 1.165) is 11.0 Å². The van der Waals surface area contributed by atoms with Crippen LogP contribution in [0, 0.1) is 5.82 Å². The Bertz CT molecular complexity index is 1500. The van der Waals surface area contributed by atoms with Gasteiger partial charge in [-0.15, -0.1) is 0 Å². The highest BCUT2D eigenvalue weighted by Crippen LogP contribution is 2.34. The van der Waals surface area contributed by atoms with E-state index in [-0.39, 0.29) is 33.2 Å². The molecule has 146 valence electrons. The fourth-order valence-corrected chi connectivity index (χ4v) is 3.36. The quantitative estimate of drug-likeness (QED) is 0.400. The number of benzene rings is 1. The summed E-state index contributed by atoms with van der Waals surface area (Å²) in [6.07, 6.45) is -2.47. The third-order valence-electron chi connectivity index (χ3n) is 4.54. The van der Waals surface area contributed by atoms with E-state index in [2.05, 4.69) is 15.1 Å². The van der Waals surface area contributed by atoms with Gasteiger partial charge in [-0.3, -0.25) is 14.0 Å². The summed E-state index contributed by atoms with van der Waals surface area (Å²) in [4.78, 5) is 20.7. The van der Waals surface area contributed by atoms with Crippen LogP contribution in [0.1, 0.15) is 5.69 Å². The minimum atomic E-state index is -5.04. The van der Waals surface area contributed by atoms with E-state index in [1.54, 1.807) is 19.2 Å². The monoisotopic (exact) mass is 403 g/mol. The van der Waals surface area contributed by atoms with Gasteiger partial charge in [0.25, 0.3) is 5.56 Å². The minimum Gasteiger partial charge on any atom is -0.441 e. The van der Waals surface area contributed by atoms with Crippen molar-refractivity contribution >= 4 is 33.0 Å². The maximum atomic E-state index is 14.3. The standard InChI is InChI=1S/C18H9F4N5O2/c1-26-6-9-8-5-10(19)15(18(20,21)22)24-16(8)27(17(28)13(9)25-26)12-4-2-3-11-14(12)29-7-23-11/h2-7H,1H3. The zero-order valence-electron chi connectivity index (χ0n) is 14.5. The molecule has 0 fully saturated rings. The van der Waals surface area contributed by atoms with Gasteiger partial charge >= 0.3 is 6.18 Å². The van der Waals surface area contributed by atoms with Gasteiger partial charge in [0.15, 0.2) is 29.0 Å². The number of alkyl halides is 3.